The van der Waals surface area contributed by atoms with E-state index in [2.05, 4.69) is 84.9 Å². The van der Waals surface area contributed by atoms with Gasteiger partial charge in [-0.05, 0) is 76.8 Å². The number of carbonyl (C=O) groups is 1. The second kappa shape index (κ2) is 8.34. The SMILES string of the molecule is Cc1cccc(-c2ccc(OC(=O)c3cc(C(C)(C)C)cc(C(C)(C)C)c3)c(C)c2)c1. The van der Waals surface area contributed by atoms with Crippen LogP contribution in [0.4, 0.5) is 0 Å². The van der Waals surface area contributed by atoms with E-state index in [9.17, 15) is 4.79 Å². The van der Waals surface area contributed by atoms with Crippen molar-refractivity contribution < 1.29 is 9.53 Å². The standard InChI is InChI=1S/C29H34O2/c1-19-10-9-11-21(14-19)22-12-13-26(20(2)15-22)31-27(30)23-16-24(28(3,4)5)18-25(17-23)29(6,7)8/h9-18H,1-8H3. The molecule has 162 valence electrons. The molecule has 0 fully saturated rings. The van der Waals surface area contributed by atoms with Gasteiger partial charge < -0.3 is 4.74 Å². The van der Waals surface area contributed by atoms with Crippen LogP contribution in [-0.4, -0.2) is 5.97 Å². The first kappa shape index (κ1) is 22.8. The van der Waals surface area contributed by atoms with Crippen LogP contribution >= 0.6 is 0 Å². The zero-order chi connectivity index (χ0) is 23.0. The van der Waals surface area contributed by atoms with Crippen LogP contribution in [0.5, 0.6) is 5.75 Å². The van der Waals surface area contributed by atoms with Gasteiger partial charge in [-0.2, -0.15) is 0 Å². The number of esters is 1. The van der Waals surface area contributed by atoms with Gasteiger partial charge in [0.25, 0.3) is 0 Å². The summed E-state index contributed by atoms with van der Waals surface area (Å²) in [6.07, 6.45) is 0. The zero-order valence-corrected chi connectivity index (χ0v) is 20.1. The molecule has 0 N–H and O–H groups in total. The Morgan fingerprint density at radius 2 is 1.29 bits per heavy atom. The van der Waals surface area contributed by atoms with E-state index in [4.69, 9.17) is 4.74 Å². The third-order valence-corrected chi connectivity index (χ3v) is 5.63. The molecule has 0 bridgehead atoms. The number of benzene rings is 3. The van der Waals surface area contributed by atoms with Gasteiger partial charge in [-0.3, -0.25) is 0 Å². The average Bonchev–Trinajstić information content (AvgIpc) is 2.67. The van der Waals surface area contributed by atoms with Crippen molar-refractivity contribution in [2.45, 2.75) is 66.2 Å². The monoisotopic (exact) mass is 414 g/mol. The highest BCUT2D eigenvalue weighted by atomic mass is 16.5. The quantitative estimate of drug-likeness (QED) is 0.323. The Morgan fingerprint density at radius 1 is 0.710 bits per heavy atom. The summed E-state index contributed by atoms with van der Waals surface area (Å²) in [5.41, 5.74) is 7.20. The normalized spacial score (nSPS) is 12.0. The van der Waals surface area contributed by atoms with Crippen LogP contribution in [0.2, 0.25) is 0 Å². The number of hydrogen-bond donors (Lipinski definition) is 0. The Labute approximate surface area is 187 Å². The van der Waals surface area contributed by atoms with Crippen molar-refractivity contribution in [2.75, 3.05) is 0 Å². The second-order valence-corrected chi connectivity index (χ2v) is 10.5. The third-order valence-electron chi connectivity index (χ3n) is 5.63. The molecule has 0 spiro atoms. The Bertz CT molecular complexity index is 1080. The van der Waals surface area contributed by atoms with Gasteiger partial charge in [0.1, 0.15) is 5.75 Å². The smallest absolute Gasteiger partial charge is 0.343 e. The molecular weight excluding hydrogens is 380 g/mol. The van der Waals surface area contributed by atoms with E-state index in [0.29, 0.717) is 11.3 Å². The molecule has 31 heavy (non-hydrogen) atoms. The number of aryl methyl sites for hydroxylation is 2. The van der Waals surface area contributed by atoms with Crippen molar-refractivity contribution >= 4 is 5.97 Å². The summed E-state index contributed by atoms with van der Waals surface area (Å²) in [6, 6.07) is 20.5. The van der Waals surface area contributed by atoms with E-state index < -0.39 is 0 Å². The molecule has 3 aromatic rings. The highest BCUT2D eigenvalue weighted by molar-refractivity contribution is 5.92. The van der Waals surface area contributed by atoms with Gasteiger partial charge in [-0.15, -0.1) is 0 Å². The van der Waals surface area contributed by atoms with E-state index in [-0.39, 0.29) is 16.8 Å². The summed E-state index contributed by atoms with van der Waals surface area (Å²) in [7, 11) is 0. The first-order chi connectivity index (χ1) is 14.3. The summed E-state index contributed by atoms with van der Waals surface area (Å²) in [5.74, 6) is 0.280. The van der Waals surface area contributed by atoms with Gasteiger partial charge >= 0.3 is 5.97 Å². The van der Waals surface area contributed by atoms with Crippen molar-refractivity contribution in [3.05, 3.63) is 88.5 Å². The molecule has 2 heteroatoms. The lowest BCUT2D eigenvalue weighted by Crippen LogP contribution is -2.19. The maximum atomic E-state index is 13.1. The molecule has 0 atom stereocenters. The molecule has 0 unspecified atom stereocenters. The van der Waals surface area contributed by atoms with Crippen LogP contribution in [0.3, 0.4) is 0 Å². The third kappa shape index (κ3) is 5.44. The molecule has 0 aliphatic carbocycles. The summed E-state index contributed by atoms with van der Waals surface area (Å²) < 4.78 is 5.84. The fourth-order valence-corrected chi connectivity index (χ4v) is 3.54. The Balaban J connectivity index is 1.92. The molecule has 2 nitrogen and oxygen atoms in total. The second-order valence-electron chi connectivity index (χ2n) is 10.5. The summed E-state index contributed by atoms with van der Waals surface area (Å²) in [6.45, 7) is 17.1. The average molecular weight is 415 g/mol. The van der Waals surface area contributed by atoms with Gasteiger partial charge in [0.15, 0.2) is 0 Å². The van der Waals surface area contributed by atoms with Gasteiger partial charge in [0.2, 0.25) is 0 Å². The fourth-order valence-electron chi connectivity index (χ4n) is 3.54. The van der Waals surface area contributed by atoms with E-state index in [1.54, 1.807) is 0 Å². The van der Waals surface area contributed by atoms with E-state index >= 15 is 0 Å². The van der Waals surface area contributed by atoms with E-state index in [0.717, 1.165) is 27.8 Å². The number of hydrogen-bond acceptors (Lipinski definition) is 2. The molecule has 0 saturated heterocycles. The van der Waals surface area contributed by atoms with Crippen LogP contribution < -0.4 is 4.74 Å². The predicted molar refractivity (Wildman–Crippen MR) is 130 cm³/mol. The summed E-state index contributed by atoms with van der Waals surface area (Å²) >= 11 is 0. The molecule has 0 aliphatic rings. The van der Waals surface area contributed by atoms with Gasteiger partial charge in [-0.25, -0.2) is 4.79 Å². The molecule has 0 aliphatic heterocycles. The van der Waals surface area contributed by atoms with Crippen LogP contribution in [0.15, 0.2) is 60.7 Å². The lowest BCUT2D eigenvalue weighted by Gasteiger charge is -2.26. The van der Waals surface area contributed by atoms with Crippen molar-refractivity contribution in [3.63, 3.8) is 0 Å². The fraction of sp³-hybridized carbons (Fsp3) is 0.345. The first-order valence-corrected chi connectivity index (χ1v) is 10.9. The van der Waals surface area contributed by atoms with E-state index in [1.165, 1.54) is 5.56 Å². The van der Waals surface area contributed by atoms with Gasteiger partial charge in [0, 0.05) is 0 Å². The van der Waals surface area contributed by atoms with Gasteiger partial charge in [0.05, 0.1) is 5.56 Å². The van der Waals surface area contributed by atoms with Crippen molar-refractivity contribution in [2.24, 2.45) is 0 Å². The molecule has 3 aromatic carbocycles. The molecule has 0 aromatic heterocycles. The predicted octanol–water partition coefficient (Wildman–Crippen LogP) is 7.78. The maximum absolute atomic E-state index is 13.1. The number of rotatable bonds is 3. The Morgan fingerprint density at radius 3 is 1.81 bits per heavy atom. The summed E-state index contributed by atoms with van der Waals surface area (Å²) in [4.78, 5) is 13.1. The highest BCUT2D eigenvalue weighted by Gasteiger charge is 2.23. The van der Waals surface area contributed by atoms with Crippen LogP contribution in [0.1, 0.15) is 74.2 Å². The lowest BCUT2D eigenvalue weighted by atomic mass is 9.79. The van der Waals surface area contributed by atoms with Gasteiger partial charge in [-0.1, -0.05) is 83.5 Å². The van der Waals surface area contributed by atoms with Crippen molar-refractivity contribution in [1.29, 1.82) is 0 Å². The Hall–Kier alpha value is -2.87. The number of ether oxygens (including phenoxy) is 1. The van der Waals surface area contributed by atoms with Crippen molar-refractivity contribution in [3.8, 4) is 16.9 Å². The number of carbonyl (C=O) groups excluding carboxylic acids is 1. The first-order valence-electron chi connectivity index (χ1n) is 10.9. The van der Waals surface area contributed by atoms with Crippen molar-refractivity contribution in [1.82, 2.24) is 0 Å². The van der Waals surface area contributed by atoms with Crippen LogP contribution in [-0.2, 0) is 10.8 Å². The Kier molecular flexibility index (Phi) is 6.14. The zero-order valence-electron chi connectivity index (χ0n) is 20.1. The minimum atomic E-state index is -0.317. The largest absolute Gasteiger partial charge is 0.423 e. The van der Waals surface area contributed by atoms with Crippen LogP contribution in [0.25, 0.3) is 11.1 Å². The molecule has 0 heterocycles. The molecule has 3 rings (SSSR count). The molecule has 0 radical (unpaired) electrons. The van der Waals surface area contributed by atoms with Crippen LogP contribution in [0, 0.1) is 13.8 Å². The summed E-state index contributed by atoms with van der Waals surface area (Å²) in [5, 5.41) is 0. The minimum absolute atomic E-state index is 0.0539. The minimum Gasteiger partial charge on any atom is -0.423 e. The highest BCUT2D eigenvalue weighted by Crippen LogP contribution is 2.32. The molecular formula is C29H34O2. The molecule has 0 saturated carbocycles. The van der Waals surface area contributed by atoms with E-state index in [1.807, 2.05) is 31.2 Å². The maximum Gasteiger partial charge on any atom is 0.343 e. The molecule has 0 amide bonds. The topological polar surface area (TPSA) is 26.3 Å². The lowest BCUT2D eigenvalue weighted by molar-refractivity contribution is 0.0733.